The molecule has 1 aromatic carbocycles. The van der Waals surface area contributed by atoms with Gasteiger partial charge in [-0.05, 0) is 30.3 Å². The number of Topliss-reactive ketones (excluding diaryl/α,β-unsaturated/α-hetero) is 2. The highest BCUT2D eigenvalue weighted by atomic mass is 32.1. The highest BCUT2D eigenvalue weighted by Crippen LogP contribution is 2.37. The maximum Gasteiger partial charge on any atom is 0.199 e. The predicted octanol–water partition coefficient (Wildman–Crippen LogP) is 2.86. The van der Waals surface area contributed by atoms with Gasteiger partial charge in [0.1, 0.15) is 22.4 Å². The van der Waals surface area contributed by atoms with Crippen LogP contribution in [0.3, 0.4) is 0 Å². The summed E-state index contributed by atoms with van der Waals surface area (Å²) in [4.78, 5) is 33.4. The van der Waals surface area contributed by atoms with E-state index in [9.17, 15) is 9.59 Å². The topological polar surface area (TPSA) is 69.2 Å². The number of carbonyl (C=O) groups is 2. The van der Waals surface area contributed by atoms with Crippen LogP contribution in [0.4, 0.5) is 0 Å². The number of nitrogens with zero attached hydrogens (tertiary/aromatic N) is 2. The Balaban J connectivity index is 1.83. The molecule has 108 valence electrons. The third-order valence-electron chi connectivity index (χ3n) is 3.69. The molecule has 0 aliphatic heterocycles. The van der Waals surface area contributed by atoms with E-state index in [1.807, 2.05) is 12.1 Å². The smallest absolute Gasteiger partial charge is 0.199 e. The second kappa shape index (κ2) is 4.71. The number of thiazole rings is 1. The SMILES string of the molecule is COc1ccc2nc(C3C(=O)c4cccnc4C3=O)sc2c1. The molecule has 0 radical (unpaired) electrons. The maximum atomic E-state index is 12.5. The molecule has 3 aromatic rings. The average molecular weight is 310 g/mol. The van der Waals surface area contributed by atoms with Gasteiger partial charge >= 0.3 is 0 Å². The summed E-state index contributed by atoms with van der Waals surface area (Å²) in [5.74, 6) is -0.643. The van der Waals surface area contributed by atoms with Gasteiger partial charge in [0, 0.05) is 11.8 Å². The zero-order valence-electron chi connectivity index (χ0n) is 11.6. The van der Waals surface area contributed by atoms with Gasteiger partial charge in [0.05, 0.1) is 17.3 Å². The molecule has 0 saturated carbocycles. The summed E-state index contributed by atoms with van der Waals surface area (Å²) in [6.07, 6.45) is 1.52. The van der Waals surface area contributed by atoms with Gasteiger partial charge in [0.25, 0.3) is 0 Å². The molecule has 0 bridgehead atoms. The van der Waals surface area contributed by atoms with E-state index in [2.05, 4.69) is 9.97 Å². The first-order valence-corrected chi connectivity index (χ1v) is 7.48. The molecule has 0 fully saturated rings. The van der Waals surface area contributed by atoms with Gasteiger partial charge in [-0.15, -0.1) is 11.3 Å². The van der Waals surface area contributed by atoms with E-state index >= 15 is 0 Å². The number of carbonyl (C=O) groups excluding carboxylic acids is 2. The third kappa shape index (κ3) is 1.77. The summed E-state index contributed by atoms with van der Waals surface area (Å²) in [6.45, 7) is 0. The van der Waals surface area contributed by atoms with Crippen LogP contribution >= 0.6 is 11.3 Å². The number of hydrogen-bond donors (Lipinski definition) is 0. The van der Waals surface area contributed by atoms with Gasteiger partial charge in [0.15, 0.2) is 11.6 Å². The van der Waals surface area contributed by atoms with Crippen molar-refractivity contribution in [2.75, 3.05) is 7.11 Å². The standard InChI is InChI=1S/C16H10N2O3S/c1-21-8-4-5-10-11(7-8)22-16(18-10)12-14(19)9-3-2-6-17-13(9)15(12)20/h2-7,12H,1H3. The van der Waals surface area contributed by atoms with Crippen molar-refractivity contribution in [3.8, 4) is 5.75 Å². The number of rotatable bonds is 2. The van der Waals surface area contributed by atoms with Gasteiger partial charge in [-0.1, -0.05) is 0 Å². The molecule has 2 heterocycles. The Hall–Kier alpha value is -2.60. The van der Waals surface area contributed by atoms with Crippen LogP contribution in [0, 0.1) is 0 Å². The summed E-state index contributed by atoms with van der Waals surface area (Å²) in [5.41, 5.74) is 1.38. The zero-order chi connectivity index (χ0) is 15.3. The number of benzene rings is 1. The van der Waals surface area contributed by atoms with Gasteiger partial charge in [-0.2, -0.15) is 0 Å². The zero-order valence-corrected chi connectivity index (χ0v) is 12.4. The van der Waals surface area contributed by atoms with Crippen molar-refractivity contribution < 1.29 is 14.3 Å². The van der Waals surface area contributed by atoms with Gasteiger partial charge in [-0.3, -0.25) is 14.6 Å². The quantitative estimate of drug-likeness (QED) is 0.681. The lowest BCUT2D eigenvalue weighted by molar-refractivity contribution is 0.0888. The van der Waals surface area contributed by atoms with Crippen molar-refractivity contribution in [1.29, 1.82) is 0 Å². The van der Waals surface area contributed by atoms with Gasteiger partial charge in [0.2, 0.25) is 0 Å². The minimum Gasteiger partial charge on any atom is -0.497 e. The highest BCUT2D eigenvalue weighted by molar-refractivity contribution is 7.19. The molecule has 0 amide bonds. The second-order valence-electron chi connectivity index (χ2n) is 4.95. The number of ether oxygens (including phenoxy) is 1. The lowest BCUT2D eigenvalue weighted by atomic mass is 10.1. The van der Waals surface area contributed by atoms with Crippen LogP contribution < -0.4 is 4.74 Å². The fourth-order valence-electron chi connectivity index (χ4n) is 2.61. The van der Waals surface area contributed by atoms with E-state index in [4.69, 9.17) is 4.74 Å². The Morgan fingerprint density at radius 2 is 2.05 bits per heavy atom. The van der Waals surface area contributed by atoms with Crippen LogP contribution in [0.25, 0.3) is 10.2 Å². The first kappa shape index (κ1) is 13.1. The largest absolute Gasteiger partial charge is 0.497 e. The summed E-state index contributed by atoms with van der Waals surface area (Å²) in [7, 11) is 1.59. The molecular weight excluding hydrogens is 300 g/mol. The third-order valence-corrected chi connectivity index (χ3v) is 4.77. The first-order chi connectivity index (χ1) is 10.7. The normalized spacial score (nSPS) is 17.0. The van der Waals surface area contributed by atoms with Gasteiger partial charge in [-0.25, -0.2) is 4.98 Å². The predicted molar refractivity (Wildman–Crippen MR) is 81.8 cm³/mol. The minimum atomic E-state index is -0.867. The van der Waals surface area contributed by atoms with Crippen molar-refractivity contribution in [2.24, 2.45) is 0 Å². The molecule has 0 saturated heterocycles. The molecule has 1 unspecified atom stereocenters. The van der Waals surface area contributed by atoms with Crippen LogP contribution in [0.15, 0.2) is 36.5 Å². The second-order valence-corrected chi connectivity index (χ2v) is 6.01. The molecule has 0 N–H and O–H groups in total. The van der Waals surface area contributed by atoms with E-state index in [1.165, 1.54) is 17.5 Å². The van der Waals surface area contributed by atoms with Crippen molar-refractivity contribution in [3.63, 3.8) is 0 Å². The van der Waals surface area contributed by atoms with Crippen LogP contribution in [0.1, 0.15) is 31.8 Å². The van der Waals surface area contributed by atoms with Crippen molar-refractivity contribution in [2.45, 2.75) is 5.92 Å². The van der Waals surface area contributed by atoms with E-state index in [-0.39, 0.29) is 17.3 Å². The monoisotopic (exact) mass is 310 g/mol. The summed E-state index contributed by atoms with van der Waals surface area (Å²) < 4.78 is 6.07. The fourth-order valence-corrected chi connectivity index (χ4v) is 3.70. The van der Waals surface area contributed by atoms with Crippen molar-refractivity contribution in [3.05, 3.63) is 52.8 Å². The number of fused-ring (bicyclic) bond motifs is 2. The lowest BCUT2D eigenvalue weighted by Gasteiger charge is -2.00. The molecule has 2 aromatic heterocycles. The van der Waals surface area contributed by atoms with Crippen LogP contribution in [0.5, 0.6) is 5.75 Å². The molecule has 1 atom stereocenters. The number of aromatic nitrogens is 2. The molecule has 1 aliphatic carbocycles. The molecule has 5 nitrogen and oxygen atoms in total. The van der Waals surface area contributed by atoms with Crippen molar-refractivity contribution >= 4 is 33.1 Å². The molecular formula is C16H10N2O3S. The van der Waals surface area contributed by atoms with E-state index < -0.39 is 5.92 Å². The molecule has 6 heteroatoms. The highest BCUT2D eigenvalue weighted by Gasteiger charge is 2.42. The molecule has 1 aliphatic rings. The average Bonchev–Trinajstić information content (AvgIpc) is 3.06. The van der Waals surface area contributed by atoms with Gasteiger partial charge < -0.3 is 4.74 Å². The van der Waals surface area contributed by atoms with E-state index in [0.29, 0.717) is 10.6 Å². The van der Waals surface area contributed by atoms with Crippen LogP contribution in [0.2, 0.25) is 0 Å². The molecule has 4 rings (SSSR count). The summed E-state index contributed by atoms with van der Waals surface area (Å²) in [5, 5.41) is 0.510. The Morgan fingerprint density at radius 1 is 1.18 bits per heavy atom. The number of methoxy groups -OCH3 is 1. The lowest BCUT2D eigenvalue weighted by Crippen LogP contribution is -2.12. The Bertz CT molecular complexity index is 897. The van der Waals surface area contributed by atoms with Crippen LogP contribution in [-0.4, -0.2) is 28.6 Å². The number of hydrogen-bond acceptors (Lipinski definition) is 6. The van der Waals surface area contributed by atoms with Crippen LogP contribution in [-0.2, 0) is 0 Å². The minimum absolute atomic E-state index is 0.223. The first-order valence-electron chi connectivity index (χ1n) is 6.67. The van der Waals surface area contributed by atoms with E-state index in [1.54, 1.807) is 25.3 Å². The fraction of sp³-hybridized carbons (Fsp3) is 0.125. The Kier molecular flexibility index (Phi) is 2.80. The Labute approximate surface area is 129 Å². The number of pyridine rings is 1. The molecule has 22 heavy (non-hydrogen) atoms. The Morgan fingerprint density at radius 3 is 2.82 bits per heavy atom. The molecule has 0 spiro atoms. The summed E-state index contributed by atoms with van der Waals surface area (Å²) in [6, 6.07) is 8.78. The maximum absolute atomic E-state index is 12.5. The van der Waals surface area contributed by atoms with Crippen molar-refractivity contribution in [1.82, 2.24) is 9.97 Å². The summed E-state index contributed by atoms with van der Waals surface area (Å²) >= 11 is 1.34. The number of ketones is 2. The van der Waals surface area contributed by atoms with E-state index in [0.717, 1.165) is 16.0 Å².